The zero-order chi connectivity index (χ0) is 25.0. The molecule has 3 aromatic carbocycles. The molecule has 7 N–H and O–H groups in total. The number of phenols is 2. The van der Waals surface area contributed by atoms with Gasteiger partial charge in [-0.1, -0.05) is 0 Å². The van der Waals surface area contributed by atoms with Gasteiger partial charge in [0, 0.05) is 23.5 Å². The third-order valence-corrected chi connectivity index (χ3v) is 4.61. The highest BCUT2D eigenvalue weighted by Crippen LogP contribution is 2.30. The highest BCUT2D eigenvalue weighted by molar-refractivity contribution is 6.09. The molecule has 2 amide bonds. The van der Waals surface area contributed by atoms with Gasteiger partial charge < -0.3 is 36.4 Å². The van der Waals surface area contributed by atoms with Crippen LogP contribution < -0.4 is 21.1 Å². The van der Waals surface area contributed by atoms with E-state index in [0.29, 0.717) is 5.69 Å². The summed E-state index contributed by atoms with van der Waals surface area (Å²) in [6.45, 7) is 3.50. The number of anilines is 3. The predicted molar refractivity (Wildman–Crippen MR) is 126 cm³/mol. The lowest BCUT2D eigenvalue weighted by Gasteiger charge is -2.16. The predicted octanol–water partition coefficient (Wildman–Crippen LogP) is 3.67. The average Bonchev–Trinajstić information content (AvgIpc) is 2.74. The van der Waals surface area contributed by atoms with Crippen molar-refractivity contribution in [1.82, 2.24) is 0 Å². The molecular formula is C24H23N3O7. The van der Waals surface area contributed by atoms with Crippen LogP contribution in [0.25, 0.3) is 0 Å². The topological polar surface area (TPSA) is 171 Å². The maximum absolute atomic E-state index is 12.7. The summed E-state index contributed by atoms with van der Waals surface area (Å²) in [6.07, 6.45) is -0.281. The quantitative estimate of drug-likeness (QED) is 0.287. The summed E-state index contributed by atoms with van der Waals surface area (Å²) in [5, 5.41) is 34.5. The molecule has 0 aliphatic rings. The molecule has 176 valence electrons. The number of rotatable bonds is 7. The SMILES string of the molecule is CC(C)Oc1cc(C(=O)O)ccc1NC(=O)c1ccc(NC(=O)c2ccc(N)cc2O)cc1O. The first-order chi connectivity index (χ1) is 16.0. The van der Waals surface area contributed by atoms with Crippen LogP contribution >= 0.6 is 0 Å². The molecule has 0 aliphatic heterocycles. The summed E-state index contributed by atoms with van der Waals surface area (Å²) in [5.74, 6) is -3.01. The Bertz CT molecular complexity index is 1270. The molecule has 3 aromatic rings. The van der Waals surface area contributed by atoms with Crippen LogP contribution in [0.5, 0.6) is 17.2 Å². The fraction of sp³-hybridized carbons (Fsp3) is 0.125. The molecule has 0 radical (unpaired) electrons. The number of carbonyl (C=O) groups excluding carboxylic acids is 2. The van der Waals surface area contributed by atoms with Gasteiger partial charge in [0.2, 0.25) is 0 Å². The van der Waals surface area contributed by atoms with Gasteiger partial charge in [0.05, 0.1) is 28.5 Å². The van der Waals surface area contributed by atoms with Crippen molar-refractivity contribution in [3.8, 4) is 17.2 Å². The molecule has 0 unspecified atom stereocenters. The third-order valence-electron chi connectivity index (χ3n) is 4.61. The van der Waals surface area contributed by atoms with Gasteiger partial charge >= 0.3 is 5.97 Å². The number of nitrogens with one attached hydrogen (secondary N) is 2. The fourth-order valence-electron chi connectivity index (χ4n) is 3.04. The Labute approximate surface area is 194 Å². The van der Waals surface area contributed by atoms with Gasteiger partial charge in [0.25, 0.3) is 11.8 Å². The first-order valence-electron chi connectivity index (χ1n) is 10.1. The van der Waals surface area contributed by atoms with Gasteiger partial charge in [-0.2, -0.15) is 0 Å². The van der Waals surface area contributed by atoms with E-state index in [1.165, 1.54) is 54.6 Å². The number of carbonyl (C=O) groups is 3. The number of aromatic carboxylic acids is 1. The molecule has 0 atom stereocenters. The van der Waals surface area contributed by atoms with Crippen LogP contribution in [-0.2, 0) is 0 Å². The van der Waals surface area contributed by atoms with E-state index in [0.717, 1.165) is 0 Å². The van der Waals surface area contributed by atoms with Crippen LogP contribution in [0.2, 0.25) is 0 Å². The van der Waals surface area contributed by atoms with Gasteiger partial charge in [-0.25, -0.2) is 4.79 Å². The largest absolute Gasteiger partial charge is 0.507 e. The maximum Gasteiger partial charge on any atom is 0.335 e. The number of phenolic OH excluding ortho intramolecular Hbond substituents is 2. The zero-order valence-electron chi connectivity index (χ0n) is 18.3. The number of carboxylic acid groups (broad SMARTS) is 1. The first-order valence-corrected chi connectivity index (χ1v) is 10.1. The van der Waals surface area contributed by atoms with E-state index in [1.807, 2.05) is 0 Å². The number of ether oxygens (including phenoxy) is 1. The van der Waals surface area contributed by atoms with E-state index < -0.39 is 23.5 Å². The van der Waals surface area contributed by atoms with E-state index in [2.05, 4.69) is 10.6 Å². The average molecular weight is 465 g/mol. The van der Waals surface area contributed by atoms with Gasteiger partial charge in [-0.15, -0.1) is 0 Å². The lowest BCUT2D eigenvalue weighted by atomic mass is 10.1. The van der Waals surface area contributed by atoms with E-state index in [4.69, 9.17) is 10.5 Å². The second kappa shape index (κ2) is 9.82. The number of amides is 2. The van der Waals surface area contributed by atoms with Crippen LogP contribution in [-0.4, -0.2) is 39.2 Å². The first kappa shape index (κ1) is 23.9. The Morgan fingerprint density at radius 3 is 2.06 bits per heavy atom. The Hall–Kier alpha value is -4.73. The number of carboxylic acids is 1. The summed E-state index contributed by atoms with van der Waals surface area (Å²) >= 11 is 0. The van der Waals surface area contributed by atoms with Gasteiger partial charge in [0.15, 0.2) is 0 Å². The van der Waals surface area contributed by atoms with Crippen molar-refractivity contribution in [2.75, 3.05) is 16.4 Å². The molecule has 0 fully saturated rings. The van der Waals surface area contributed by atoms with Crippen molar-refractivity contribution in [3.63, 3.8) is 0 Å². The van der Waals surface area contributed by atoms with Crippen molar-refractivity contribution in [2.24, 2.45) is 0 Å². The summed E-state index contributed by atoms with van der Waals surface area (Å²) < 4.78 is 5.61. The molecule has 10 nitrogen and oxygen atoms in total. The zero-order valence-corrected chi connectivity index (χ0v) is 18.3. The van der Waals surface area contributed by atoms with Crippen LogP contribution in [0.3, 0.4) is 0 Å². The van der Waals surface area contributed by atoms with Crippen molar-refractivity contribution >= 4 is 34.8 Å². The molecular weight excluding hydrogens is 442 g/mol. The summed E-state index contributed by atoms with van der Waals surface area (Å²) in [6, 6.07) is 11.9. The van der Waals surface area contributed by atoms with Gasteiger partial charge in [-0.3, -0.25) is 9.59 Å². The van der Waals surface area contributed by atoms with Gasteiger partial charge in [0.1, 0.15) is 17.2 Å². The Kier molecular flexibility index (Phi) is 6.91. The van der Waals surface area contributed by atoms with Crippen LogP contribution in [0.15, 0.2) is 54.6 Å². The smallest absolute Gasteiger partial charge is 0.335 e. The minimum absolute atomic E-state index is 0.0104. The molecule has 34 heavy (non-hydrogen) atoms. The monoisotopic (exact) mass is 465 g/mol. The number of nitrogen functional groups attached to an aromatic ring is 1. The molecule has 10 heteroatoms. The molecule has 0 heterocycles. The highest BCUT2D eigenvalue weighted by Gasteiger charge is 2.18. The van der Waals surface area contributed by atoms with Gasteiger partial charge in [-0.05, 0) is 56.3 Å². The van der Waals surface area contributed by atoms with Crippen molar-refractivity contribution in [2.45, 2.75) is 20.0 Å². The Morgan fingerprint density at radius 1 is 0.853 bits per heavy atom. The minimum Gasteiger partial charge on any atom is -0.507 e. The standard InChI is InChI=1S/C24H23N3O7/c1-12(2)34-21-9-13(24(32)33)3-8-18(21)27-23(31)17-7-5-15(11-20(17)29)26-22(30)16-6-4-14(25)10-19(16)28/h3-12,28-29H,25H2,1-2H3,(H,26,30)(H,27,31)(H,32,33). The normalized spacial score (nSPS) is 10.6. The molecule has 0 bridgehead atoms. The van der Waals surface area contributed by atoms with Crippen LogP contribution in [0.1, 0.15) is 44.9 Å². The third kappa shape index (κ3) is 5.54. The molecule has 0 aromatic heterocycles. The van der Waals surface area contributed by atoms with E-state index in [9.17, 15) is 29.7 Å². The highest BCUT2D eigenvalue weighted by atomic mass is 16.5. The number of benzene rings is 3. The molecule has 0 aliphatic carbocycles. The van der Waals surface area contributed by atoms with Crippen LogP contribution in [0, 0.1) is 0 Å². The number of hydrogen-bond acceptors (Lipinski definition) is 7. The maximum atomic E-state index is 12.7. The van der Waals surface area contributed by atoms with Crippen LogP contribution in [0.4, 0.5) is 17.1 Å². The minimum atomic E-state index is -1.14. The van der Waals surface area contributed by atoms with Crippen molar-refractivity contribution < 1.29 is 34.4 Å². The van der Waals surface area contributed by atoms with E-state index in [1.54, 1.807) is 13.8 Å². The van der Waals surface area contributed by atoms with E-state index in [-0.39, 0.29) is 45.7 Å². The lowest BCUT2D eigenvalue weighted by Crippen LogP contribution is -2.16. The molecule has 0 saturated heterocycles. The number of nitrogens with two attached hydrogens (primary N) is 1. The molecule has 3 rings (SSSR count). The lowest BCUT2D eigenvalue weighted by molar-refractivity contribution is 0.0695. The molecule has 0 spiro atoms. The van der Waals surface area contributed by atoms with E-state index >= 15 is 0 Å². The Morgan fingerprint density at radius 2 is 1.47 bits per heavy atom. The number of hydrogen-bond donors (Lipinski definition) is 6. The Balaban J connectivity index is 1.79. The summed E-state index contributed by atoms with van der Waals surface area (Å²) in [4.78, 5) is 36.4. The second-order valence-corrected chi connectivity index (χ2v) is 7.60. The fourth-order valence-corrected chi connectivity index (χ4v) is 3.04. The summed E-state index contributed by atoms with van der Waals surface area (Å²) in [7, 11) is 0. The van der Waals surface area contributed by atoms with Crippen molar-refractivity contribution in [1.29, 1.82) is 0 Å². The number of aromatic hydroxyl groups is 2. The second-order valence-electron chi connectivity index (χ2n) is 7.60. The summed E-state index contributed by atoms with van der Waals surface area (Å²) in [5.41, 5.74) is 6.14. The van der Waals surface area contributed by atoms with Crippen molar-refractivity contribution in [3.05, 3.63) is 71.3 Å². The molecule has 0 saturated carbocycles.